The normalized spacial score (nSPS) is 21.6. The fourth-order valence-electron chi connectivity index (χ4n) is 3.56. The van der Waals surface area contributed by atoms with Gasteiger partial charge in [0.2, 0.25) is 5.95 Å². The van der Waals surface area contributed by atoms with Gasteiger partial charge in [0.15, 0.2) is 0 Å². The van der Waals surface area contributed by atoms with E-state index in [0.29, 0.717) is 29.6 Å². The number of halogens is 3. The number of imidazole rings is 1. The van der Waals surface area contributed by atoms with Crippen molar-refractivity contribution >= 4 is 40.2 Å². The highest BCUT2D eigenvalue weighted by atomic mass is 35.5. The average molecular weight is 408 g/mol. The Morgan fingerprint density at radius 2 is 2.00 bits per heavy atom. The quantitative estimate of drug-likeness (QED) is 0.705. The van der Waals surface area contributed by atoms with Crippen LogP contribution >= 0.6 is 23.2 Å². The Kier molecular flexibility index (Phi) is 4.97. The first-order chi connectivity index (χ1) is 12.9. The number of aromatic nitrogens is 3. The smallest absolute Gasteiger partial charge is 0.207 e. The van der Waals surface area contributed by atoms with Gasteiger partial charge in [-0.3, -0.25) is 4.98 Å². The van der Waals surface area contributed by atoms with Crippen LogP contribution in [-0.4, -0.2) is 39.8 Å². The molecule has 5 nitrogen and oxygen atoms in total. The highest BCUT2D eigenvalue weighted by Crippen LogP contribution is 2.33. The van der Waals surface area contributed by atoms with Gasteiger partial charge in [-0.05, 0) is 43.7 Å². The van der Waals surface area contributed by atoms with Crippen LogP contribution < -0.4 is 10.6 Å². The van der Waals surface area contributed by atoms with Crippen molar-refractivity contribution in [3.8, 4) is 0 Å². The van der Waals surface area contributed by atoms with Gasteiger partial charge in [-0.15, -0.1) is 0 Å². The Bertz CT molecular complexity index is 959. The summed E-state index contributed by atoms with van der Waals surface area (Å²) in [6.07, 6.45) is 1.03. The topological polar surface area (TPSA) is 60.0 Å². The van der Waals surface area contributed by atoms with E-state index in [4.69, 9.17) is 33.9 Å². The monoisotopic (exact) mass is 407 g/mol. The maximum atomic E-state index is 13.9. The van der Waals surface area contributed by atoms with Gasteiger partial charge in [0.1, 0.15) is 6.17 Å². The molecule has 1 aliphatic rings. The zero-order chi connectivity index (χ0) is 19.1. The second kappa shape index (κ2) is 7.26. The molecule has 1 saturated heterocycles. The molecule has 1 fully saturated rings. The van der Waals surface area contributed by atoms with Crippen LogP contribution in [-0.2, 0) is 0 Å². The maximum Gasteiger partial charge on any atom is 0.207 e. The van der Waals surface area contributed by atoms with E-state index in [9.17, 15) is 4.39 Å². The number of hydrogen-bond donors (Lipinski definition) is 1. The lowest BCUT2D eigenvalue weighted by molar-refractivity contribution is 0.243. The minimum atomic E-state index is -0.983. The van der Waals surface area contributed by atoms with Gasteiger partial charge in [0.05, 0.1) is 33.8 Å². The molecule has 2 aromatic heterocycles. The third-order valence-corrected chi connectivity index (χ3v) is 5.51. The largest absolute Gasteiger partial charge is 0.340 e. The zero-order valence-corrected chi connectivity index (χ0v) is 16.3. The first-order valence-electron chi connectivity index (χ1n) is 8.87. The molecule has 8 heteroatoms. The molecule has 3 atom stereocenters. The predicted octanol–water partition coefficient (Wildman–Crippen LogP) is 4.22. The Labute approximate surface area is 166 Å². The van der Waals surface area contributed by atoms with Crippen molar-refractivity contribution in [1.29, 1.82) is 0 Å². The van der Waals surface area contributed by atoms with Crippen LogP contribution in [0.4, 0.5) is 10.3 Å². The van der Waals surface area contributed by atoms with Crippen molar-refractivity contribution < 1.29 is 4.39 Å². The maximum absolute atomic E-state index is 13.9. The van der Waals surface area contributed by atoms with Gasteiger partial charge in [-0.25, -0.2) is 9.37 Å². The summed E-state index contributed by atoms with van der Waals surface area (Å²) in [7, 11) is 0. The molecular formula is C19H20Cl2FN5. The molecule has 3 heterocycles. The van der Waals surface area contributed by atoms with Crippen molar-refractivity contribution in [3.05, 3.63) is 52.3 Å². The molecule has 27 heavy (non-hydrogen) atoms. The van der Waals surface area contributed by atoms with Gasteiger partial charge in [-0.2, -0.15) is 0 Å². The Morgan fingerprint density at radius 1 is 1.22 bits per heavy atom. The summed E-state index contributed by atoms with van der Waals surface area (Å²) < 4.78 is 16.0. The summed E-state index contributed by atoms with van der Waals surface area (Å²) >= 11 is 12.2. The fourth-order valence-corrected chi connectivity index (χ4v) is 3.84. The molecule has 1 aromatic carbocycles. The summed E-state index contributed by atoms with van der Waals surface area (Å²) in [6, 6.07) is 8.67. The van der Waals surface area contributed by atoms with E-state index in [1.54, 1.807) is 6.20 Å². The molecule has 2 N–H and O–H groups in total. The summed E-state index contributed by atoms with van der Waals surface area (Å²) in [5.41, 5.74) is 8.55. The first kappa shape index (κ1) is 18.5. The average Bonchev–Trinajstić information content (AvgIpc) is 3.02. The number of fused-ring (bicyclic) bond motifs is 1. The van der Waals surface area contributed by atoms with Crippen molar-refractivity contribution in [3.63, 3.8) is 0 Å². The molecule has 0 radical (unpaired) electrons. The molecule has 0 aliphatic carbocycles. The van der Waals surface area contributed by atoms with Crippen LogP contribution in [0.3, 0.4) is 0 Å². The second-order valence-corrected chi connectivity index (χ2v) is 7.78. The third kappa shape index (κ3) is 3.49. The number of pyridine rings is 1. The SMILES string of the molecule is C[C@@H](c1ccc(Cl)cn1)n1c(N2CC[C@@H](F)[C@H](N)C2)nc2ccc(Cl)cc21. The highest BCUT2D eigenvalue weighted by molar-refractivity contribution is 6.31. The lowest BCUT2D eigenvalue weighted by Crippen LogP contribution is -2.50. The lowest BCUT2D eigenvalue weighted by atomic mass is 10.1. The van der Waals surface area contributed by atoms with Gasteiger partial charge in [0.25, 0.3) is 0 Å². The second-order valence-electron chi connectivity index (χ2n) is 6.91. The van der Waals surface area contributed by atoms with Gasteiger partial charge < -0.3 is 15.2 Å². The number of piperidine rings is 1. The van der Waals surface area contributed by atoms with E-state index < -0.39 is 12.2 Å². The Balaban J connectivity index is 1.83. The molecule has 0 amide bonds. The third-order valence-electron chi connectivity index (χ3n) is 5.05. The van der Waals surface area contributed by atoms with Crippen LogP contribution in [0.25, 0.3) is 11.0 Å². The van der Waals surface area contributed by atoms with E-state index in [1.165, 1.54) is 0 Å². The highest BCUT2D eigenvalue weighted by Gasteiger charge is 2.30. The van der Waals surface area contributed by atoms with E-state index in [-0.39, 0.29) is 6.04 Å². The minimum Gasteiger partial charge on any atom is -0.340 e. The van der Waals surface area contributed by atoms with Crippen molar-refractivity contribution in [2.45, 2.75) is 31.6 Å². The van der Waals surface area contributed by atoms with Crippen LogP contribution in [0, 0.1) is 0 Å². The fraction of sp³-hybridized carbons (Fsp3) is 0.368. The van der Waals surface area contributed by atoms with Gasteiger partial charge in [-0.1, -0.05) is 23.2 Å². The standard InChI is InChI=1S/C19H20Cl2FN5/c1-11(16-4-3-13(21)9-24-16)27-18-8-12(20)2-5-17(18)25-19(27)26-7-6-14(22)15(23)10-26/h2-5,8-9,11,14-15H,6-7,10,23H2,1H3/t11-,14+,15+/m0/s1. The summed E-state index contributed by atoms with van der Waals surface area (Å²) in [5, 5.41) is 1.21. The number of alkyl halides is 1. The van der Waals surface area contributed by atoms with Crippen molar-refractivity contribution in [1.82, 2.24) is 14.5 Å². The van der Waals surface area contributed by atoms with Crippen LogP contribution in [0.5, 0.6) is 0 Å². The predicted molar refractivity (Wildman–Crippen MR) is 108 cm³/mol. The minimum absolute atomic E-state index is 0.111. The molecule has 0 saturated carbocycles. The van der Waals surface area contributed by atoms with E-state index in [1.807, 2.05) is 42.2 Å². The van der Waals surface area contributed by atoms with Crippen molar-refractivity contribution in [2.24, 2.45) is 5.73 Å². The Morgan fingerprint density at radius 3 is 2.70 bits per heavy atom. The number of nitrogens with two attached hydrogens (primary N) is 1. The lowest BCUT2D eigenvalue weighted by Gasteiger charge is -2.34. The summed E-state index contributed by atoms with van der Waals surface area (Å²) in [4.78, 5) is 11.3. The number of hydrogen-bond acceptors (Lipinski definition) is 4. The summed E-state index contributed by atoms with van der Waals surface area (Å²) in [5.74, 6) is 0.749. The van der Waals surface area contributed by atoms with Crippen LogP contribution in [0.2, 0.25) is 10.0 Å². The van der Waals surface area contributed by atoms with Crippen LogP contribution in [0.1, 0.15) is 25.1 Å². The number of rotatable bonds is 3. The van der Waals surface area contributed by atoms with E-state index in [2.05, 4.69) is 9.55 Å². The van der Waals surface area contributed by atoms with Gasteiger partial charge >= 0.3 is 0 Å². The van der Waals surface area contributed by atoms with E-state index in [0.717, 1.165) is 22.7 Å². The first-order valence-corrected chi connectivity index (χ1v) is 9.63. The zero-order valence-electron chi connectivity index (χ0n) is 14.8. The number of nitrogens with zero attached hydrogens (tertiary/aromatic N) is 4. The van der Waals surface area contributed by atoms with Crippen molar-refractivity contribution in [2.75, 3.05) is 18.0 Å². The molecule has 0 bridgehead atoms. The summed E-state index contributed by atoms with van der Waals surface area (Å²) in [6.45, 7) is 3.02. The molecular weight excluding hydrogens is 388 g/mol. The molecule has 4 rings (SSSR count). The molecule has 0 unspecified atom stereocenters. The molecule has 3 aromatic rings. The molecule has 1 aliphatic heterocycles. The van der Waals surface area contributed by atoms with Gasteiger partial charge in [0, 0.05) is 24.3 Å². The molecule has 0 spiro atoms. The van der Waals surface area contributed by atoms with E-state index >= 15 is 0 Å². The molecule has 142 valence electrons. The number of anilines is 1. The van der Waals surface area contributed by atoms with Crippen LogP contribution in [0.15, 0.2) is 36.5 Å². The number of benzene rings is 1. The Hall–Kier alpha value is -1.89.